The normalized spacial score (nSPS) is 24.6. The van der Waals surface area contributed by atoms with Crippen molar-refractivity contribution < 1.29 is 9.90 Å². The number of rotatable bonds is 4. The molecule has 0 saturated heterocycles. The number of nitrogens with zero attached hydrogens (tertiary/aromatic N) is 1. The van der Waals surface area contributed by atoms with Gasteiger partial charge in [-0.15, -0.1) is 0 Å². The number of carboxylic acids is 1. The molecular weight excluding hydrogens is 274 g/mol. The number of carbonyl (C=O) groups is 1. The second kappa shape index (κ2) is 6.59. The largest absolute Gasteiger partial charge is 0.481 e. The summed E-state index contributed by atoms with van der Waals surface area (Å²) in [4.78, 5) is 13.6. The second-order valence-electron chi connectivity index (χ2n) is 5.66. The van der Waals surface area contributed by atoms with E-state index in [-0.39, 0.29) is 18.0 Å². The van der Waals surface area contributed by atoms with E-state index < -0.39 is 5.97 Å². The molecule has 3 nitrogen and oxygen atoms in total. The summed E-state index contributed by atoms with van der Waals surface area (Å²) in [5.74, 6) is -0.938. The summed E-state index contributed by atoms with van der Waals surface area (Å²) in [6, 6.07) is 8.00. The van der Waals surface area contributed by atoms with E-state index in [9.17, 15) is 9.90 Å². The highest BCUT2D eigenvalue weighted by atomic mass is 35.5. The highest BCUT2D eigenvalue weighted by molar-refractivity contribution is 6.31. The SMILES string of the molecule is CC(c1ccccc1Cl)N(C)C1CCCCC1C(=O)O. The third-order valence-electron chi connectivity index (χ3n) is 4.54. The highest BCUT2D eigenvalue weighted by Crippen LogP contribution is 2.34. The monoisotopic (exact) mass is 295 g/mol. The molecule has 1 saturated carbocycles. The van der Waals surface area contributed by atoms with Crippen molar-refractivity contribution in [3.05, 3.63) is 34.9 Å². The molecule has 0 bridgehead atoms. The molecule has 0 aliphatic heterocycles. The summed E-state index contributed by atoms with van der Waals surface area (Å²) in [5.41, 5.74) is 1.06. The lowest BCUT2D eigenvalue weighted by Gasteiger charge is -2.39. The van der Waals surface area contributed by atoms with E-state index in [1.54, 1.807) is 0 Å². The van der Waals surface area contributed by atoms with E-state index in [2.05, 4.69) is 11.8 Å². The van der Waals surface area contributed by atoms with Gasteiger partial charge < -0.3 is 5.11 Å². The van der Waals surface area contributed by atoms with Crippen LogP contribution >= 0.6 is 11.6 Å². The van der Waals surface area contributed by atoms with Gasteiger partial charge in [0.2, 0.25) is 0 Å². The Balaban J connectivity index is 2.18. The molecule has 1 aromatic carbocycles. The maximum atomic E-state index is 11.4. The van der Waals surface area contributed by atoms with Crippen molar-refractivity contribution in [1.82, 2.24) is 4.90 Å². The Bertz CT molecular complexity index is 477. The van der Waals surface area contributed by atoms with E-state index in [0.717, 1.165) is 36.3 Å². The van der Waals surface area contributed by atoms with Gasteiger partial charge in [0, 0.05) is 17.1 Å². The molecule has 0 amide bonds. The molecule has 1 aliphatic rings. The average molecular weight is 296 g/mol. The van der Waals surface area contributed by atoms with Crippen molar-refractivity contribution in [3.8, 4) is 0 Å². The fourth-order valence-electron chi connectivity index (χ4n) is 3.21. The number of hydrogen-bond donors (Lipinski definition) is 1. The van der Waals surface area contributed by atoms with Crippen molar-refractivity contribution in [2.24, 2.45) is 5.92 Å². The quantitative estimate of drug-likeness (QED) is 0.913. The average Bonchev–Trinajstić information content (AvgIpc) is 2.46. The topological polar surface area (TPSA) is 40.5 Å². The van der Waals surface area contributed by atoms with Crippen LogP contribution in [0.1, 0.15) is 44.2 Å². The molecule has 0 spiro atoms. The van der Waals surface area contributed by atoms with Gasteiger partial charge in [-0.05, 0) is 38.4 Å². The Morgan fingerprint density at radius 1 is 1.35 bits per heavy atom. The van der Waals surface area contributed by atoms with Gasteiger partial charge in [0.05, 0.1) is 5.92 Å². The van der Waals surface area contributed by atoms with E-state index in [1.165, 1.54) is 0 Å². The van der Waals surface area contributed by atoms with Crippen LogP contribution in [0.4, 0.5) is 0 Å². The Kier molecular flexibility index (Phi) is 5.06. The van der Waals surface area contributed by atoms with Crippen molar-refractivity contribution >= 4 is 17.6 Å². The summed E-state index contributed by atoms with van der Waals surface area (Å²) >= 11 is 6.26. The van der Waals surface area contributed by atoms with E-state index in [1.807, 2.05) is 31.3 Å². The molecule has 20 heavy (non-hydrogen) atoms. The number of benzene rings is 1. The summed E-state index contributed by atoms with van der Waals surface area (Å²) in [7, 11) is 2.01. The fraction of sp³-hybridized carbons (Fsp3) is 0.562. The Labute approximate surface area is 125 Å². The minimum atomic E-state index is -0.673. The molecule has 3 atom stereocenters. The second-order valence-corrected chi connectivity index (χ2v) is 6.07. The van der Waals surface area contributed by atoms with Crippen LogP contribution in [0, 0.1) is 5.92 Å². The predicted octanol–water partition coefficient (Wildman–Crippen LogP) is 3.98. The minimum absolute atomic E-state index is 0.0903. The Morgan fingerprint density at radius 2 is 2.00 bits per heavy atom. The first kappa shape index (κ1) is 15.3. The van der Waals surface area contributed by atoms with Crippen LogP contribution in [0.15, 0.2) is 24.3 Å². The summed E-state index contributed by atoms with van der Waals surface area (Å²) in [6.45, 7) is 2.09. The van der Waals surface area contributed by atoms with Crippen LogP contribution < -0.4 is 0 Å². The minimum Gasteiger partial charge on any atom is -0.481 e. The van der Waals surface area contributed by atoms with Gasteiger partial charge in [-0.3, -0.25) is 9.69 Å². The molecule has 0 radical (unpaired) electrons. The summed E-state index contributed by atoms with van der Waals surface area (Å²) in [5, 5.41) is 10.2. The molecule has 4 heteroatoms. The summed E-state index contributed by atoms with van der Waals surface area (Å²) in [6.07, 6.45) is 3.84. The van der Waals surface area contributed by atoms with E-state index in [0.29, 0.717) is 0 Å². The van der Waals surface area contributed by atoms with Crippen molar-refractivity contribution in [3.63, 3.8) is 0 Å². The molecule has 0 aromatic heterocycles. The number of aliphatic carboxylic acids is 1. The molecule has 1 aromatic rings. The number of carboxylic acid groups (broad SMARTS) is 1. The van der Waals surface area contributed by atoms with Gasteiger partial charge in [-0.25, -0.2) is 0 Å². The first-order chi connectivity index (χ1) is 9.52. The van der Waals surface area contributed by atoms with Gasteiger partial charge >= 0.3 is 5.97 Å². The first-order valence-corrected chi connectivity index (χ1v) is 7.59. The van der Waals surface area contributed by atoms with Gasteiger partial charge in [0.1, 0.15) is 0 Å². The third-order valence-corrected chi connectivity index (χ3v) is 4.88. The lowest BCUT2D eigenvalue weighted by molar-refractivity contribution is -0.145. The Hall–Kier alpha value is -1.06. The predicted molar refractivity (Wildman–Crippen MR) is 81.0 cm³/mol. The van der Waals surface area contributed by atoms with Crippen LogP contribution in [0.3, 0.4) is 0 Å². The number of halogens is 1. The smallest absolute Gasteiger partial charge is 0.308 e. The van der Waals surface area contributed by atoms with Crippen molar-refractivity contribution in [2.75, 3.05) is 7.05 Å². The van der Waals surface area contributed by atoms with Gasteiger partial charge in [0.15, 0.2) is 0 Å². The zero-order chi connectivity index (χ0) is 14.7. The molecule has 110 valence electrons. The zero-order valence-corrected chi connectivity index (χ0v) is 12.8. The highest BCUT2D eigenvalue weighted by Gasteiger charge is 2.35. The van der Waals surface area contributed by atoms with Crippen molar-refractivity contribution in [1.29, 1.82) is 0 Å². The van der Waals surface area contributed by atoms with Crippen LogP contribution in [0.5, 0.6) is 0 Å². The standard InChI is InChI=1S/C16H22ClNO2/c1-11(12-7-3-5-9-14(12)17)18(2)15-10-6-4-8-13(15)16(19)20/h3,5,7,9,11,13,15H,4,6,8,10H2,1-2H3,(H,19,20). The van der Waals surface area contributed by atoms with Crippen LogP contribution in [-0.4, -0.2) is 29.1 Å². The molecule has 3 unspecified atom stereocenters. The molecule has 1 aliphatic carbocycles. The third kappa shape index (κ3) is 3.15. The zero-order valence-electron chi connectivity index (χ0n) is 12.1. The van der Waals surface area contributed by atoms with Crippen LogP contribution in [-0.2, 0) is 4.79 Å². The van der Waals surface area contributed by atoms with Gasteiger partial charge in [0.25, 0.3) is 0 Å². The maximum absolute atomic E-state index is 11.4. The lowest BCUT2D eigenvalue weighted by Crippen LogP contribution is -2.44. The van der Waals surface area contributed by atoms with Crippen molar-refractivity contribution in [2.45, 2.75) is 44.7 Å². The van der Waals surface area contributed by atoms with Crippen LogP contribution in [0.2, 0.25) is 5.02 Å². The van der Waals surface area contributed by atoms with Gasteiger partial charge in [-0.2, -0.15) is 0 Å². The molecule has 0 heterocycles. The van der Waals surface area contributed by atoms with Crippen LogP contribution in [0.25, 0.3) is 0 Å². The summed E-state index contributed by atoms with van der Waals surface area (Å²) < 4.78 is 0. The van der Waals surface area contributed by atoms with Gasteiger partial charge in [-0.1, -0.05) is 42.6 Å². The maximum Gasteiger partial charge on any atom is 0.308 e. The van der Waals surface area contributed by atoms with E-state index in [4.69, 9.17) is 11.6 Å². The number of hydrogen-bond acceptors (Lipinski definition) is 2. The lowest BCUT2D eigenvalue weighted by atomic mass is 9.83. The fourth-order valence-corrected chi connectivity index (χ4v) is 3.50. The molecular formula is C16H22ClNO2. The molecule has 1 fully saturated rings. The molecule has 2 rings (SSSR count). The van der Waals surface area contributed by atoms with E-state index >= 15 is 0 Å². The first-order valence-electron chi connectivity index (χ1n) is 7.21. The molecule has 1 N–H and O–H groups in total. The Morgan fingerprint density at radius 3 is 2.65 bits per heavy atom.